The number of nitrogens with one attached hydrogen (secondary N) is 1. The lowest BCUT2D eigenvalue weighted by molar-refractivity contribution is -0.129. The number of benzene rings is 1. The van der Waals surface area contributed by atoms with Gasteiger partial charge < -0.3 is 10.2 Å². The Morgan fingerprint density at radius 2 is 2.05 bits per heavy atom. The largest absolute Gasteiger partial charge is 0.342 e. The number of halogens is 3. The first kappa shape index (κ1) is 17.6. The Labute approximate surface area is 136 Å². The standard InChI is InChI=1S/C14H18Cl2N2O.ClH/c1-17-8-10-5-6-18(9-10)14(19)7-11-12(15)3-2-4-13(11)16;/h2-4,10,17H,5-9H2,1H3;1H. The van der Waals surface area contributed by atoms with Crippen LogP contribution in [0.15, 0.2) is 18.2 Å². The summed E-state index contributed by atoms with van der Waals surface area (Å²) in [7, 11) is 1.94. The average molecular weight is 338 g/mol. The number of amides is 1. The van der Waals surface area contributed by atoms with Crippen LogP contribution < -0.4 is 5.32 Å². The van der Waals surface area contributed by atoms with Gasteiger partial charge in [0.15, 0.2) is 0 Å². The van der Waals surface area contributed by atoms with E-state index < -0.39 is 0 Å². The molecule has 1 atom stereocenters. The van der Waals surface area contributed by atoms with Crippen LogP contribution in [0.5, 0.6) is 0 Å². The lowest BCUT2D eigenvalue weighted by Gasteiger charge is -2.17. The number of likely N-dealkylation sites (tertiary alicyclic amines) is 1. The van der Waals surface area contributed by atoms with Crippen LogP contribution in [0, 0.1) is 5.92 Å². The van der Waals surface area contributed by atoms with Gasteiger partial charge in [-0.05, 0) is 43.6 Å². The van der Waals surface area contributed by atoms with Crippen molar-refractivity contribution in [3.05, 3.63) is 33.8 Å². The third kappa shape index (κ3) is 4.26. The van der Waals surface area contributed by atoms with Crippen molar-refractivity contribution in [2.24, 2.45) is 5.92 Å². The van der Waals surface area contributed by atoms with Crippen LogP contribution in [0.25, 0.3) is 0 Å². The first-order valence-electron chi connectivity index (χ1n) is 6.47. The molecule has 2 rings (SSSR count). The first-order chi connectivity index (χ1) is 9.11. The summed E-state index contributed by atoms with van der Waals surface area (Å²) in [5, 5.41) is 4.28. The number of hydrogen-bond donors (Lipinski definition) is 1. The highest BCUT2D eigenvalue weighted by molar-refractivity contribution is 6.36. The van der Waals surface area contributed by atoms with Gasteiger partial charge in [-0.1, -0.05) is 29.3 Å². The van der Waals surface area contributed by atoms with Crippen LogP contribution in [0.4, 0.5) is 0 Å². The van der Waals surface area contributed by atoms with Crippen molar-refractivity contribution in [1.29, 1.82) is 0 Å². The molecule has 1 N–H and O–H groups in total. The predicted molar refractivity (Wildman–Crippen MR) is 86.0 cm³/mol. The van der Waals surface area contributed by atoms with Gasteiger partial charge in [0.1, 0.15) is 0 Å². The van der Waals surface area contributed by atoms with E-state index in [-0.39, 0.29) is 24.7 Å². The van der Waals surface area contributed by atoms with Crippen LogP contribution in [0.3, 0.4) is 0 Å². The maximum Gasteiger partial charge on any atom is 0.227 e. The average Bonchev–Trinajstić information content (AvgIpc) is 2.83. The van der Waals surface area contributed by atoms with Gasteiger partial charge >= 0.3 is 0 Å². The van der Waals surface area contributed by atoms with Crippen molar-refractivity contribution in [2.45, 2.75) is 12.8 Å². The molecule has 0 bridgehead atoms. The highest BCUT2D eigenvalue weighted by Gasteiger charge is 2.26. The molecule has 1 heterocycles. The van der Waals surface area contributed by atoms with Crippen molar-refractivity contribution < 1.29 is 4.79 Å². The molecule has 1 aromatic rings. The maximum absolute atomic E-state index is 12.3. The van der Waals surface area contributed by atoms with E-state index in [4.69, 9.17) is 23.2 Å². The highest BCUT2D eigenvalue weighted by atomic mass is 35.5. The molecule has 1 aromatic carbocycles. The van der Waals surface area contributed by atoms with Gasteiger partial charge in [0.2, 0.25) is 5.91 Å². The lowest BCUT2D eigenvalue weighted by Crippen LogP contribution is -2.31. The number of carbonyl (C=O) groups is 1. The van der Waals surface area contributed by atoms with E-state index in [1.165, 1.54) is 0 Å². The summed E-state index contributed by atoms with van der Waals surface area (Å²) in [5.74, 6) is 0.657. The van der Waals surface area contributed by atoms with E-state index in [2.05, 4.69) is 5.32 Å². The summed E-state index contributed by atoms with van der Waals surface area (Å²) in [4.78, 5) is 14.2. The minimum atomic E-state index is 0. The second kappa shape index (κ2) is 8.08. The molecule has 1 fully saturated rings. The second-order valence-corrected chi connectivity index (χ2v) is 5.74. The molecule has 6 heteroatoms. The normalized spacial score (nSPS) is 17.9. The van der Waals surface area contributed by atoms with Crippen molar-refractivity contribution >= 4 is 41.5 Å². The van der Waals surface area contributed by atoms with Crippen molar-refractivity contribution in [2.75, 3.05) is 26.7 Å². The zero-order valence-electron chi connectivity index (χ0n) is 11.4. The molecule has 0 aromatic heterocycles. The number of carbonyl (C=O) groups excluding carboxylic acids is 1. The molecule has 1 saturated heterocycles. The molecule has 112 valence electrons. The van der Waals surface area contributed by atoms with Crippen molar-refractivity contribution in [3.63, 3.8) is 0 Å². The highest BCUT2D eigenvalue weighted by Crippen LogP contribution is 2.26. The fourth-order valence-electron chi connectivity index (χ4n) is 2.48. The Morgan fingerprint density at radius 3 is 2.65 bits per heavy atom. The molecule has 1 aliphatic heterocycles. The van der Waals surface area contributed by atoms with Crippen LogP contribution in [0.1, 0.15) is 12.0 Å². The Morgan fingerprint density at radius 1 is 1.40 bits per heavy atom. The fraction of sp³-hybridized carbons (Fsp3) is 0.500. The molecular formula is C14H19Cl3N2O. The Balaban J connectivity index is 0.00000200. The van der Waals surface area contributed by atoms with Crippen LogP contribution in [-0.4, -0.2) is 37.5 Å². The van der Waals surface area contributed by atoms with Gasteiger partial charge in [0.05, 0.1) is 6.42 Å². The molecule has 0 spiro atoms. The molecule has 1 unspecified atom stereocenters. The molecule has 20 heavy (non-hydrogen) atoms. The van der Waals surface area contributed by atoms with Gasteiger partial charge in [-0.25, -0.2) is 0 Å². The van der Waals surface area contributed by atoms with Crippen molar-refractivity contribution in [3.8, 4) is 0 Å². The van der Waals surface area contributed by atoms with E-state index in [1.54, 1.807) is 18.2 Å². The molecule has 3 nitrogen and oxygen atoms in total. The summed E-state index contributed by atoms with van der Waals surface area (Å²) >= 11 is 12.2. The van der Waals surface area contributed by atoms with Gasteiger partial charge in [-0.3, -0.25) is 4.79 Å². The van der Waals surface area contributed by atoms with Crippen LogP contribution >= 0.6 is 35.6 Å². The minimum absolute atomic E-state index is 0. The summed E-state index contributed by atoms with van der Waals surface area (Å²) in [5.41, 5.74) is 0.730. The van der Waals surface area contributed by atoms with Crippen LogP contribution in [-0.2, 0) is 11.2 Å². The van der Waals surface area contributed by atoms with Crippen LogP contribution in [0.2, 0.25) is 10.0 Å². The van der Waals surface area contributed by atoms with Gasteiger partial charge in [-0.2, -0.15) is 0 Å². The van der Waals surface area contributed by atoms with Crippen molar-refractivity contribution in [1.82, 2.24) is 10.2 Å². The summed E-state index contributed by atoms with van der Waals surface area (Å²) < 4.78 is 0. The Bertz CT molecular complexity index is 447. The van der Waals surface area contributed by atoms with E-state index in [0.29, 0.717) is 16.0 Å². The topological polar surface area (TPSA) is 32.3 Å². The zero-order valence-corrected chi connectivity index (χ0v) is 13.7. The summed E-state index contributed by atoms with van der Waals surface area (Å²) in [6.07, 6.45) is 1.34. The molecule has 1 amide bonds. The lowest BCUT2D eigenvalue weighted by atomic mass is 10.1. The number of rotatable bonds is 4. The van der Waals surface area contributed by atoms with E-state index in [0.717, 1.165) is 31.6 Å². The first-order valence-corrected chi connectivity index (χ1v) is 7.22. The monoisotopic (exact) mass is 336 g/mol. The Kier molecular flexibility index (Phi) is 7.10. The maximum atomic E-state index is 12.3. The second-order valence-electron chi connectivity index (χ2n) is 4.93. The van der Waals surface area contributed by atoms with E-state index in [1.807, 2.05) is 11.9 Å². The molecular weight excluding hydrogens is 319 g/mol. The third-order valence-corrected chi connectivity index (χ3v) is 4.23. The zero-order chi connectivity index (χ0) is 13.8. The minimum Gasteiger partial charge on any atom is -0.342 e. The fourth-order valence-corrected chi connectivity index (χ4v) is 3.01. The molecule has 0 radical (unpaired) electrons. The SMILES string of the molecule is CNCC1CCN(C(=O)Cc2c(Cl)cccc2Cl)C1.Cl. The quantitative estimate of drug-likeness (QED) is 0.916. The van der Waals surface area contributed by atoms with E-state index in [9.17, 15) is 4.79 Å². The molecule has 1 aliphatic rings. The molecule has 0 saturated carbocycles. The van der Waals surface area contributed by atoms with Gasteiger partial charge in [0, 0.05) is 23.1 Å². The van der Waals surface area contributed by atoms with E-state index >= 15 is 0 Å². The van der Waals surface area contributed by atoms with Gasteiger partial charge in [0.25, 0.3) is 0 Å². The summed E-state index contributed by atoms with van der Waals surface area (Å²) in [6.45, 7) is 2.60. The smallest absolute Gasteiger partial charge is 0.227 e. The third-order valence-electron chi connectivity index (χ3n) is 3.52. The summed E-state index contributed by atoms with van der Waals surface area (Å²) in [6, 6.07) is 5.32. The molecule has 0 aliphatic carbocycles. The Hall–Kier alpha value is -0.480. The predicted octanol–water partition coefficient (Wildman–Crippen LogP) is 3.03. The number of hydrogen-bond acceptors (Lipinski definition) is 2. The number of nitrogens with zero attached hydrogens (tertiary/aromatic N) is 1. The van der Waals surface area contributed by atoms with Gasteiger partial charge in [-0.15, -0.1) is 12.4 Å².